The number of hydrogen-bond acceptors (Lipinski definition) is 6. The van der Waals surface area contributed by atoms with Crippen molar-refractivity contribution < 1.29 is 28.8 Å². The summed E-state index contributed by atoms with van der Waals surface area (Å²) in [5.74, 6) is -3.05. The van der Waals surface area contributed by atoms with E-state index in [1.165, 1.54) is 25.7 Å². The number of carbonyl (C=O) groups excluding carboxylic acids is 6. The molecule has 0 aromatic carbocycles. The van der Waals surface area contributed by atoms with Gasteiger partial charge in [-0.3, -0.25) is 28.8 Å². The number of primary amides is 1. The third-order valence-corrected chi connectivity index (χ3v) is 5.10. The van der Waals surface area contributed by atoms with Crippen LogP contribution in [0.25, 0.3) is 0 Å². The summed E-state index contributed by atoms with van der Waals surface area (Å²) >= 11 is 0. The van der Waals surface area contributed by atoms with Gasteiger partial charge in [-0.2, -0.15) is 0 Å². The van der Waals surface area contributed by atoms with Crippen LogP contribution in [0.15, 0.2) is 0 Å². The van der Waals surface area contributed by atoms with Crippen molar-refractivity contribution in [3.63, 3.8) is 0 Å². The molecule has 0 aromatic heterocycles. The molecule has 1 saturated heterocycles. The maximum Gasteiger partial charge on any atom is 0.245 e. The molecule has 0 unspecified atom stereocenters. The lowest BCUT2D eigenvalue weighted by Crippen LogP contribution is -2.57. The smallest absolute Gasteiger partial charge is 0.245 e. The van der Waals surface area contributed by atoms with Crippen molar-refractivity contribution >= 4 is 35.4 Å². The first-order valence-corrected chi connectivity index (χ1v) is 11.1. The van der Waals surface area contributed by atoms with E-state index in [0.29, 0.717) is 25.9 Å². The summed E-state index contributed by atoms with van der Waals surface area (Å²) in [6, 6.07) is -3.78. The highest BCUT2D eigenvalue weighted by molar-refractivity contribution is 5.96. The van der Waals surface area contributed by atoms with E-state index in [9.17, 15) is 28.8 Å². The average molecular weight is 469 g/mol. The van der Waals surface area contributed by atoms with Gasteiger partial charge in [0.05, 0.1) is 6.42 Å². The molecule has 0 radical (unpaired) electrons. The Morgan fingerprint density at radius 2 is 1.55 bits per heavy atom. The van der Waals surface area contributed by atoms with E-state index in [2.05, 4.69) is 21.3 Å². The standard InChI is InChI=1S/C21H36N6O6/c1-11(2)10-23-20(32)16-7-6-8-27(16)21(33)13(4)25-18(30)12(3)24-19(31)15(9-17(22)29)26-14(5)28/h11-13,15-16H,6-10H2,1-5H3,(H2,22,29)(H,23,32)(H,24,31)(H,25,30)(H,26,28)/t12-,13-,15-,16-/m0/s1. The van der Waals surface area contributed by atoms with Crippen molar-refractivity contribution in [3.8, 4) is 0 Å². The summed E-state index contributed by atoms with van der Waals surface area (Å²) in [5, 5.41) is 10.1. The zero-order chi connectivity index (χ0) is 25.3. The van der Waals surface area contributed by atoms with Gasteiger partial charge >= 0.3 is 0 Å². The van der Waals surface area contributed by atoms with Crippen LogP contribution in [-0.2, 0) is 28.8 Å². The van der Waals surface area contributed by atoms with E-state index in [1.807, 2.05) is 13.8 Å². The Hall–Kier alpha value is -3.18. The van der Waals surface area contributed by atoms with Crippen LogP contribution in [-0.4, -0.2) is 77.6 Å². The highest BCUT2D eigenvalue weighted by Crippen LogP contribution is 2.18. The monoisotopic (exact) mass is 468 g/mol. The van der Waals surface area contributed by atoms with Gasteiger partial charge in [0.2, 0.25) is 35.4 Å². The van der Waals surface area contributed by atoms with Crippen molar-refractivity contribution in [2.75, 3.05) is 13.1 Å². The van der Waals surface area contributed by atoms with Gasteiger partial charge in [-0.1, -0.05) is 13.8 Å². The lowest BCUT2D eigenvalue weighted by atomic mass is 10.1. The summed E-state index contributed by atoms with van der Waals surface area (Å²) in [6.45, 7) is 8.95. The molecule has 1 fully saturated rings. The molecule has 4 atom stereocenters. The zero-order valence-corrected chi connectivity index (χ0v) is 19.9. The fourth-order valence-corrected chi connectivity index (χ4v) is 3.41. The molecular weight excluding hydrogens is 432 g/mol. The lowest BCUT2D eigenvalue weighted by molar-refractivity contribution is -0.141. The molecule has 0 aliphatic carbocycles. The van der Waals surface area contributed by atoms with E-state index < -0.39 is 60.1 Å². The Kier molecular flexibility index (Phi) is 10.8. The fraction of sp³-hybridized carbons (Fsp3) is 0.714. The molecule has 1 heterocycles. The quantitative estimate of drug-likeness (QED) is 0.237. The highest BCUT2D eigenvalue weighted by atomic mass is 16.2. The third-order valence-electron chi connectivity index (χ3n) is 5.10. The molecule has 12 nitrogen and oxygen atoms in total. The van der Waals surface area contributed by atoms with Gasteiger partial charge in [-0.15, -0.1) is 0 Å². The summed E-state index contributed by atoms with van der Waals surface area (Å²) in [6.07, 6.45) is 0.806. The molecular formula is C21H36N6O6. The van der Waals surface area contributed by atoms with Crippen LogP contribution < -0.4 is 27.0 Å². The van der Waals surface area contributed by atoms with Crippen LogP contribution in [0.1, 0.15) is 53.9 Å². The van der Waals surface area contributed by atoms with Gasteiger partial charge in [0, 0.05) is 20.0 Å². The molecule has 0 aromatic rings. The van der Waals surface area contributed by atoms with E-state index in [-0.39, 0.29) is 11.8 Å². The molecule has 12 heteroatoms. The first kappa shape index (κ1) is 27.9. The predicted octanol–water partition coefficient (Wildman–Crippen LogP) is -1.86. The Morgan fingerprint density at radius 3 is 2.09 bits per heavy atom. The number of nitrogens with one attached hydrogen (secondary N) is 4. The van der Waals surface area contributed by atoms with Gasteiger partial charge in [-0.25, -0.2) is 0 Å². The molecule has 1 aliphatic rings. The topological polar surface area (TPSA) is 180 Å². The van der Waals surface area contributed by atoms with Gasteiger partial charge in [-0.05, 0) is 32.6 Å². The van der Waals surface area contributed by atoms with Gasteiger partial charge in [0.25, 0.3) is 0 Å². The Labute approximate surface area is 193 Å². The van der Waals surface area contributed by atoms with E-state index in [0.717, 1.165) is 0 Å². The van der Waals surface area contributed by atoms with Crippen molar-refractivity contribution in [1.82, 2.24) is 26.2 Å². The van der Waals surface area contributed by atoms with Crippen LogP contribution in [0.3, 0.4) is 0 Å². The Balaban J connectivity index is 2.68. The second-order valence-electron chi connectivity index (χ2n) is 8.71. The molecule has 0 bridgehead atoms. The van der Waals surface area contributed by atoms with Gasteiger partial charge in [0.1, 0.15) is 24.2 Å². The number of amides is 6. The van der Waals surface area contributed by atoms with E-state index in [1.54, 1.807) is 0 Å². The molecule has 1 aliphatic heterocycles. The molecule has 6 amide bonds. The van der Waals surface area contributed by atoms with Gasteiger partial charge in [0.15, 0.2) is 0 Å². The van der Waals surface area contributed by atoms with Crippen molar-refractivity contribution in [3.05, 3.63) is 0 Å². The maximum atomic E-state index is 12.9. The maximum absolute atomic E-state index is 12.9. The third kappa shape index (κ3) is 9.07. The fourth-order valence-electron chi connectivity index (χ4n) is 3.41. The SMILES string of the molecule is CC(=O)N[C@@H](CC(N)=O)C(=O)N[C@@H](C)C(=O)N[C@@H](C)C(=O)N1CCC[C@H]1C(=O)NCC(C)C. The van der Waals surface area contributed by atoms with Crippen molar-refractivity contribution in [2.24, 2.45) is 11.7 Å². The molecule has 33 heavy (non-hydrogen) atoms. The minimum absolute atomic E-state index is 0.216. The van der Waals surface area contributed by atoms with E-state index >= 15 is 0 Å². The molecule has 0 saturated carbocycles. The van der Waals surface area contributed by atoms with Crippen LogP contribution in [0.4, 0.5) is 0 Å². The largest absolute Gasteiger partial charge is 0.370 e. The number of likely N-dealkylation sites (tertiary alicyclic amines) is 1. The molecule has 186 valence electrons. The zero-order valence-electron chi connectivity index (χ0n) is 19.9. The Morgan fingerprint density at radius 1 is 0.939 bits per heavy atom. The summed E-state index contributed by atoms with van der Waals surface area (Å²) in [5.41, 5.74) is 5.10. The molecule has 0 spiro atoms. The second kappa shape index (κ2) is 12.8. The predicted molar refractivity (Wildman–Crippen MR) is 119 cm³/mol. The number of rotatable bonds is 11. The normalized spacial score (nSPS) is 18.1. The van der Waals surface area contributed by atoms with Gasteiger partial charge < -0.3 is 31.9 Å². The second-order valence-corrected chi connectivity index (χ2v) is 8.71. The summed E-state index contributed by atoms with van der Waals surface area (Å²) in [7, 11) is 0. The highest BCUT2D eigenvalue weighted by Gasteiger charge is 2.36. The number of hydrogen-bond donors (Lipinski definition) is 5. The minimum Gasteiger partial charge on any atom is -0.370 e. The number of nitrogens with two attached hydrogens (primary N) is 1. The summed E-state index contributed by atoms with van der Waals surface area (Å²) < 4.78 is 0. The van der Waals surface area contributed by atoms with E-state index in [4.69, 9.17) is 5.73 Å². The van der Waals surface area contributed by atoms with Crippen LogP contribution in [0, 0.1) is 5.92 Å². The molecule has 6 N–H and O–H groups in total. The van der Waals surface area contributed by atoms with Crippen molar-refractivity contribution in [1.29, 1.82) is 0 Å². The number of carbonyl (C=O) groups is 6. The average Bonchev–Trinajstić information content (AvgIpc) is 3.19. The Bertz CT molecular complexity index is 754. The summed E-state index contributed by atoms with van der Waals surface area (Å²) in [4.78, 5) is 74.1. The number of nitrogens with zero attached hydrogens (tertiary/aromatic N) is 1. The lowest BCUT2D eigenvalue weighted by Gasteiger charge is -2.28. The van der Waals surface area contributed by atoms with Crippen LogP contribution >= 0.6 is 0 Å². The van der Waals surface area contributed by atoms with Crippen molar-refractivity contribution in [2.45, 2.75) is 78.0 Å². The molecule has 1 rings (SSSR count). The van der Waals surface area contributed by atoms with Crippen LogP contribution in [0.5, 0.6) is 0 Å². The minimum atomic E-state index is -1.22. The first-order chi connectivity index (χ1) is 15.3. The first-order valence-electron chi connectivity index (χ1n) is 11.1. The van der Waals surface area contributed by atoms with Crippen LogP contribution in [0.2, 0.25) is 0 Å².